The molecule has 2 heterocycles. The third-order valence-electron chi connectivity index (χ3n) is 6.02. The van der Waals surface area contributed by atoms with E-state index in [0.717, 1.165) is 10.8 Å². The van der Waals surface area contributed by atoms with E-state index in [1.54, 1.807) is 12.1 Å². The Kier molecular flexibility index (Phi) is 2.62. The maximum atomic E-state index is 13.0. The van der Waals surface area contributed by atoms with Crippen LogP contribution in [0.25, 0.3) is 10.8 Å². The van der Waals surface area contributed by atoms with E-state index in [2.05, 4.69) is 0 Å². The number of hydrogen-bond acceptors (Lipinski definition) is 6. The molecule has 2 aromatic carbocycles. The molecule has 2 aliphatic carbocycles. The molecule has 1 N–H and O–H groups in total. The summed E-state index contributed by atoms with van der Waals surface area (Å²) in [6, 6.07) is 11.0. The maximum Gasteiger partial charge on any atom is 0.313 e. The van der Waals surface area contributed by atoms with Crippen molar-refractivity contribution in [1.82, 2.24) is 0 Å². The molecule has 0 radical (unpaired) electrons. The van der Waals surface area contributed by atoms with E-state index < -0.39 is 28.9 Å². The van der Waals surface area contributed by atoms with Gasteiger partial charge in [-0.3, -0.25) is 9.59 Å². The summed E-state index contributed by atoms with van der Waals surface area (Å²) in [7, 11) is 0. The Morgan fingerprint density at radius 1 is 1.07 bits per heavy atom. The second-order valence-electron chi connectivity index (χ2n) is 7.30. The molecule has 4 aliphatic rings. The lowest BCUT2D eigenvalue weighted by molar-refractivity contribution is -0.163. The van der Waals surface area contributed by atoms with Gasteiger partial charge in [0.1, 0.15) is 11.5 Å². The summed E-state index contributed by atoms with van der Waals surface area (Å²) >= 11 is 6.21. The van der Waals surface area contributed by atoms with Crippen LogP contribution in [0.4, 0.5) is 0 Å². The summed E-state index contributed by atoms with van der Waals surface area (Å²) in [6.07, 6.45) is 0.315. The van der Waals surface area contributed by atoms with Gasteiger partial charge in [0.25, 0.3) is 0 Å². The van der Waals surface area contributed by atoms with E-state index in [-0.39, 0.29) is 23.7 Å². The number of ether oxygens (including phenoxy) is 3. The number of aliphatic hydroxyl groups excluding tert-OH is 1. The fourth-order valence-corrected chi connectivity index (χ4v) is 5.10. The summed E-state index contributed by atoms with van der Waals surface area (Å²) in [5.74, 6) is -1.71. The lowest BCUT2D eigenvalue weighted by atomic mass is 9.67. The SMILES string of the molecule is O=C1C(Cl)=CC2(Oc3cccc4cccc(c34)O2)[C@]23OC12[C@H](O)CCC3=O. The van der Waals surface area contributed by atoms with E-state index in [4.69, 9.17) is 25.8 Å². The Labute approximate surface area is 158 Å². The minimum atomic E-state index is -1.76. The molecule has 2 aliphatic heterocycles. The number of ketones is 2. The monoisotopic (exact) mass is 384 g/mol. The Balaban J connectivity index is 1.64. The van der Waals surface area contributed by atoms with Crippen LogP contribution in [0.3, 0.4) is 0 Å². The standard InChI is InChI=1S/C20H13ClO6/c21-11-9-18(20-15(23)8-7-14(22)19(20,27-20)17(11)24)25-12-5-1-3-10-4-2-6-13(26-18)16(10)12/h1-6,9,14,22H,7-8H2/t14-,19?,20+/m1/s1. The molecule has 1 unspecified atom stereocenters. The summed E-state index contributed by atoms with van der Waals surface area (Å²) in [4.78, 5) is 25.8. The van der Waals surface area contributed by atoms with Crippen LogP contribution in [0.5, 0.6) is 11.5 Å². The average molecular weight is 385 g/mol. The number of epoxide rings is 1. The zero-order valence-electron chi connectivity index (χ0n) is 13.9. The van der Waals surface area contributed by atoms with Gasteiger partial charge in [0, 0.05) is 12.5 Å². The van der Waals surface area contributed by atoms with Crippen LogP contribution in [0.1, 0.15) is 12.8 Å². The van der Waals surface area contributed by atoms with Crippen LogP contribution in [0.2, 0.25) is 0 Å². The van der Waals surface area contributed by atoms with E-state index in [1.165, 1.54) is 6.08 Å². The molecule has 2 fully saturated rings. The first-order valence-electron chi connectivity index (χ1n) is 8.70. The van der Waals surface area contributed by atoms with Gasteiger partial charge in [-0.2, -0.15) is 0 Å². The first kappa shape index (κ1) is 15.6. The molecular weight excluding hydrogens is 372 g/mol. The van der Waals surface area contributed by atoms with Crippen molar-refractivity contribution in [2.24, 2.45) is 0 Å². The lowest BCUT2D eigenvalue weighted by Gasteiger charge is -2.44. The van der Waals surface area contributed by atoms with E-state index in [1.807, 2.05) is 24.3 Å². The van der Waals surface area contributed by atoms with Crippen LogP contribution in [-0.4, -0.2) is 39.8 Å². The van der Waals surface area contributed by atoms with Crippen LogP contribution in [0, 0.1) is 0 Å². The minimum Gasteiger partial charge on any atom is -0.445 e. The lowest BCUT2D eigenvalue weighted by Crippen LogP contribution is -2.68. The molecule has 0 aromatic heterocycles. The van der Waals surface area contributed by atoms with Crippen molar-refractivity contribution < 1.29 is 28.9 Å². The molecule has 6 nitrogen and oxygen atoms in total. The Hall–Kier alpha value is -2.41. The number of carbonyl (C=O) groups excluding carboxylic acids is 2. The average Bonchev–Trinajstić information content (AvgIpc) is 3.39. The summed E-state index contributed by atoms with van der Waals surface area (Å²) in [6.45, 7) is 0. The fraction of sp³-hybridized carbons (Fsp3) is 0.300. The molecule has 1 saturated heterocycles. The van der Waals surface area contributed by atoms with Gasteiger partial charge >= 0.3 is 5.79 Å². The van der Waals surface area contributed by atoms with E-state index >= 15 is 0 Å². The quantitative estimate of drug-likeness (QED) is 0.701. The first-order valence-corrected chi connectivity index (χ1v) is 9.07. The van der Waals surface area contributed by atoms with Crippen molar-refractivity contribution in [2.75, 3.05) is 0 Å². The number of carbonyl (C=O) groups is 2. The van der Waals surface area contributed by atoms with Gasteiger partial charge in [-0.15, -0.1) is 0 Å². The Morgan fingerprint density at radius 2 is 1.74 bits per heavy atom. The molecule has 6 rings (SSSR count). The number of aliphatic hydroxyl groups is 1. The zero-order chi connectivity index (χ0) is 18.6. The van der Waals surface area contributed by atoms with E-state index in [0.29, 0.717) is 11.5 Å². The molecule has 136 valence electrons. The number of hydrogen-bond donors (Lipinski definition) is 1. The third kappa shape index (κ3) is 1.50. The summed E-state index contributed by atoms with van der Waals surface area (Å²) in [5, 5.41) is 12.1. The minimum absolute atomic E-state index is 0.0575. The fourth-order valence-electron chi connectivity index (χ4n) is 4.82. The molecule has 2 aromatic rings. The van der Waals surface area contributed by atoms with Crippen molar-refractivity contribution in [1.29, 1.82) is 0 Å². The molecule has 1 spiro atoms. The van der Waals surface area contributed by atoms with Crippen molar-refractivity contribution in [3.05, 3.63) is 47.5 Å². The van der Waals surface area contributed by atoms with Gasteiger partial charge in [0.05, 0.1) is 16.5 Å². The molecule has 0 amide bonds. The number of halogens is 1. The normalized spacial score (nSPS) is 35.0. The maximum absolute atomic E-state index is 13.0. The number of benzene rings is 2. The highest BCUT2D eigenvalue weighted by molar-refractivity contribution is 6.45. The topological polar surface area (TPSA) is 85.4 Å². The van der Waals surface area contributed by atoms with Crippen molar-refractivity contribution in [3.63, 3.8) is 0 Å². The third-order valence-corrected chi connectivity index (χ3v) is 6.30. The van der Waals surface area contributed by atoms with E-state index in [9.17, 15) is 14.7 Å². The molecule has 27 heavy (non-hydrogen) atoms. The van der Waals surface area contributed by atoms with Crippen LogP contribution < -0.4 is 9.47 Å². The molecule has 1 saturated carbocycles. The Bertz CT molecular complexity index is 1070. The molecular formula is C20H13ClO6. The highest BCUT2D eigenvalue weighted by Gasteiger charge is 2.93. The van der Waals surface area contributed by atoms with Crippen LogP contribution in [0.15, 0.2) is 47.5 Å². The van der Waals surface area contributed by atoms with Gasteiger partial charge in [-0.25, -0.2) is 0 Å². The predicted octanol–water partition coefficient (Wildman–Crippen LogP) is 2.24. The predicted molar refractivity (Wildman–Crippen MR) is 93.7 cm³/mol. The van der Waals surface area contributed by atoms with Gasteiger partial charge in [0.2, 0.25) is 17.0 Å². The first-order chi connectivity index (χ1) is 13.0. The van der Waals surface area contributed by atoms with Crippen molar-refractivity contribution >= 4 is 33.9 Å². The van der Waals surface area contributed by atoms with Gasteiger partial charge in [-0.1, -0.05) is 35.9 Å². The van der Waals surface area contributed by atoms with Crippen LogP contribution in [-0.2, 0) is 14.3 Å². The highest BCUT2D eigenvalue weighted by Crippen LogP contribution is 2.67. The van der Waals surface area contributed by atoms with Gasteiger partial charge in [0.15, 0.2) is 5.78 Å². The molecule has 0 bridgehead atoms. The summed E-state index contributed by atoms with van der Waals surface area (Å²) < 4.78 is 18.2. The molecule has 3 atom stereocenters. The Morgan fingerprint density at radius 3 is 2.41 bits per heavy atom. The van der Waals surface area contributed by atoms with Gasteiger partial charge in [-0.05, 0) is 23.9 Å². The van der Waals surface area contributed by atoms with Crippen LogP contribution >= 0.6 is 11.6 Å². The summed E-state index contributed by atoms with van der Waals surface area (Å²) in [5.41, 5.74) is -3.50. The largest absolute Gasteiger partial charge is 0.445 e. The molecule has 7 heteroatoms. The van der Waals surface area contributed by atoms with Crippen molar-refractivity contribution in [2.45, 2.75) is 35.9 Å². The number of Topliss-reactive ketones (excluding diaryl/α,β-unsaturated/α-hetero) is 2. The smallest absolute Gasteiger partial charge is 0.313 e. The highest BCUT2D eigenvalue weighted by atomic mass is 35.5. The number of rotatable bonds is 0. The van der Waals surface area contributed by atoms with Crippen molar-refractivity contribution in [3.8, 4) is 11.5 Å². The van der Waals surface area contributed by atoms with Gasteiger partial charge < -0.3 is 19.3 Å². The zero-order valence-corrected chi connectivity index (χ0v) is 14.7. The second kappa shape index (κ2) is 4.52. The second-order valence-corrected chi connectivity index (χ2v) is 7.71.